The third-order valence-corrected chi connectivity index (χ3v) is 4.30. The zero-order chi connectivity index (χ0) is 12.4. The Morgan fingerprint density at radius 2 is 2.28 bits per heavy atom. The molecule has 0 amide bonds. The Morgan fingerprint density at radius 1 is 1.33 bits per heavy atom. The average Bonchev–Trinajstić information content (AvgIpc) is 2.97. The Morgan fingerprint density at radius 3 is 3.11 bits per heavy atom. The number of hydrogen-bond donors (Lipinski definition) is 1. The molecule has 0 spiro atoms. The van der Waals surface area contributed by atoms with E-state index >= 15 is 0 Å². The quantitative estimate of drug-likeness (QED) is 0.880. The van der Waals surface area contributed by atoms with Gasteiger partial charge in [0.25, 0.3) is 0 Å². The first-order chi connectivity index (χ1) is 8.81. The lowest BCUT2D eigenvalue weighted by molar-refractivity contribution is 0.357. The summed E-state index contributed by atoms with van der Waals surface area (Å²) >= 11 is 0. The molecule has 1 aromatic rings. The van der Waals surface area contributed by atoms with E-state index < -0.39 is 0 Å². The van der Waals surface area contributed by atoms with Crippen molar-refractivity contribution in [2.45, 2.75) is 45.1 Å². The van der Waals surface area contributed by atoms with Gasteiger partial charge in [-0.1, -0.05) is 19.1 Å². The van der Waals surface area contributed by atoms with E-state index in [0.29, 0.717) is 0 Å². The van der Waals surface area contributed by atoms with Crippen molar-refractivity contribution in [3.8, 4) is 5.75 Å². The lowest BCUT2D eigenvalue weighted by atomic mass is 10.1. The topological polar surface area (TPSA) is 21.3 Å². The zero-order valence-corrected chi connectivity index (χ0v) is 11.2. The van der Waals surface area contributed by atoms with E-state index in [1.165, 1.54) is 30.4 Å². The van der Waals surface area contributed by atoms with Crippen LogP contribution < -0.4 is 10.1 Å². The molecular weight excluding hydrogens is 222 g/mol. The van der Waals surface area contributed by atoms with Gasteiger partial charge in [-0.05, 0) is 55.3 Å². The number of nitrogens with one attached hydrogen (secondary N) is 1. The highest BCUT2D eigenvalue weighted by Gasteiger charge is 2.20. The van der Waals surface area contributed by atoms with Crippen LogP contribution in [0.15, 0.2) is 18.2 Å². The van der Waals surface area contributed by atoms with E-state index in [1.54, 1.807) is 0 Å². The predicted octanol–water partition coefficient (Wildman–Crippen LogP) is 2.94. The van der Waals surface area contributed by atoms with Gasteiger partial charge in [-0.25, -0.2) is 0 Å². The largest absolute Gasteiger partial charge is 0.493 e. The molecular formula is C16H23NO. The molecule has 1 N–H and O–H groups in total. The van der Waals surface area contributed by atoms with Gasteiger partial charge in [0.2, 0.25) is 0 Å². The summed E-state index contributed by atoms with van der Waals surface area (Å²) in [5.41, 5.74) is 2.83. The molecule has 1 aromatic carbocycles. The number of fused-ring (bicyclic) bond motifs is 1. The van der Waals surface area contributed by atoms with E-state index in [-0.39, 0.29) is 0 Å². The minimum atomic E-state index is 0.762. The molecule has 2 aliphatic rings. The second-order valence-electron chi connectivity index (χ2n) is 5.86. The average molecular weight is 245 g/mol. The van der Waals surface area contributed by atoms with E-state index in [4.69, 9.17) is 4.74 Å². The molecule has 1 aliphatic heterocycles. The van der Waals surface area contributed by atoms with Crippen LogP contribution in [0.4, 0.5) is 0 Å². The highest BCUT2D eigenvalue weighted by molar-refractivity contribution is 5.39. The van der Waals surface area contributed by atoms with Crippen LogP contribution in [0.1, 0.15) is 37.3 Å². The van der Waals surface area contributed by atoms with Gasteiger partial charge >= 0.3 is 0 Å². The molecule has 1 saturated carbocycles. The van der Waals surface area contributed by atoms with Crippen LogP contribution in [-0.4, -0.2) is 19.2 Å². The molecule has 2 heteroatoms. The van der Waals surface area contributed by atoms with Crippen LogP contribution in [0.25, 0.3) is 0 Å². The van der Waals surface area contributed by atoms with Crippen LogP contribution >= 0.6 is 0 Å². The van der Waals surface area contributed by atoms with Crippen molar-refractivity contribution in [3.05, 3.63) is 29.3 Å². The standard InChI is InChI=1S/C16H23NO/c1-12-2-4-15(10-12)17-8-6-13-3-5-16-14(11-13)7-9-18-16/h3,5,11-12,15,17H,2,4,6-10H2,1H3. The van der Waals surface area contributed by atoms with E-state index in [2.05, 4.69) is 30.4 Å². The second-order valence-corrected chi connectivity index (χ2v) is 5.86. The lowest BCUT2D eigenvalue weighted by Crippen LogP contribution is -2.28. The van der Waals surface area contributed by atoms with Crippen molar-refractivity contribution in [2.75, 3.05) is 13.2 Å². The summed E-state index contributed by atoms with van der Waals surface area (Å²) in [6.45, 7) is 4.33. The van der Waals surface area contributed by atoms with Gasteiger partial charge in [0, 0.05) is 12.5 Å². The fourth-order valence-electron chi connectivity index (χ4n) is 3.21. The van der Waals surface area contributed by atoms with Crippen molar-refractivity contribution < 1.29 is 4.74 Å². The van der Waals surface area contributed by atoms with Crippen LogP contribution in [0.2, 0.25) is 0 Å². The summed E-state index contributed by atoms with van der Waals surface area (Å²) in [6.07, 6.45) is 6.33. The van der Waals surface area contributed by atoms with E-state index in [1.807, 2.05) is 0 Å². The fraction of sp³-hybridized carbons (Fsp3) is 0.625. The minimum absolute atomic E-state index is 0.762. The van der Waals surface area contributed by atoms with Gasteiger partial charge in [0.15, 0.2) is 0 Å². The maximum Gasteiger partial charge on any atom is 0.122 e. The monoisotopic (exact) mass is 245 g/mol. The Bertz CT molecular complexity index is 416. The van der Waals surface area contributed by atoms with Gasteiger partial charge in [-0.2, -0.15) is 0 Å². The maximum absolute atomic E-state index is 5.54. The normalized spacial score (nSPS) is 26.1. The van der Waals surface area contributed by atoms with Crippen molar-refractivity contribution in [3.63, 3.8) is 0 Å². The van der Waals surface area contributed by atoms with Crippen LogP contribution in [-0.2, 0) is 12.8 Å². The molecule has 2 unspecified atom stereocenters. The van der Waals surface area contributed by atoms with Gasteiger partial charge in [0.1, 0.15) is 5.75 Å². The smallest absolute Gasteiger partial charge is 0.122 e. The highest BCUT2D eigenvalue weighted by Crippen LogP contribution is 2.26. The first-order valence-corrected chi connectivity index (χ1v) is 7.29. The Kier molecular flexibility index (Phi) is 3.55. The summed E-state index contributed by atoms with van der Waals surface area (Å²) in [5.74, 6) is 2.01. The van der Waals surface area contributed by atoms with Crippen molar-refractivity contribution in [2.24, 2.45) is 5.92 Å². The van der Waals surface area contributed by atoms with E-state index in [0.717, 1.165) is 43.7 Å². The third-order valence-electron chi connectivity index (χ3n) is 4.30. The first-order valence-electron chi connectivity index (χ1n) is 7.29. The van der Waals surface area contributed by atoms with Crippen molar-refractivity contribution >= 4 is 0 Å². The predicted molar refractivity (Wildman–Crippen MR) is 74.2 cm³/mol. The molecule has 98 valence electrons. The summed E-state index contributed by atoms with van der Waals surface area (Å²) in [6, 6.07) is 7.43. The van der Waals surface area contributed by atoms with Crippen molar-refractivity contribution in [1.29, 1.82) is 0 Å². The lowest BCUT2D eigenvalue weighted by Gasteiger charge is -2.12. The highest BCUT2D eigenvalue weighted by atomic mass is 16.5. The maximum atomic E-state index is 5.54. The molecule has 0 aromatic heterocycles. The Balaban J connectivity index is 1.48. The zero-order valence-electron chi connectivity index (χ0n) is 11.2. The Labute approximate surface area is 110 Å². The van der Waals surface area contributed by atoms with Gasteiger partial charge in [-0.15, -0.1) is 0 Å². The molecule has 2 atom stereocenters. The molecule has 18 heavy (non-hydrogen) atoms. The number of benzene rings is 1. The Hall–Kier alpha value is -1.02. The van der Waals surface area contributed by atoms with Crippen molar-refractivity contribution in [1.82, 2.24) is 5.32 Å². The molecule has 0 bridgehead atoms. The summed E-state index contributed by atoms with van der Waals surface area (Å²) in [7, 11) is 0. The number of ether oxygens (including phenoxy) is 1. The summed E-state index contributed by atoms with van der Waals surface area (Å²) in [5, 5.41) is 3.70. The third kappa shape index (κ3) is 2.69. The molecule has 1 fully saturated rings. The summed E-state index contributed by atoms with van der Waals surface area (Å²) < 4.78 is 5.54. The van der Waals surface area contributed by atoms with E-state index in [9.17, 15) is 0 Å². The van der Waals surface area contributed by atoms with Gasteiger partial charge in [-0.3, -0.25) is 0 Å². The van der Waals surface area contributed by atoms with Crippen LogP contribution in [0.3, 0.4) is 0 Å². The van der Waals surface area contributed by atoms with Gasteiger partial charge < -0.3 is 10.1 Å². The second kappa shape index (κ2) is 5.31. The van der Waals surface area contributed by atoms with Crippen LogP contribution in [0.5, 0.6) is 5.75 Å². The number of rotatable bonds is 4. The summed E-state index contributed by atoms with van der Waals surface area (Å²) in [4.78, 5) is 0. The molecule has 1 aliphatic carbocycles. The first kappa shape index (κ1) is 12.0. The molecule has 2 nitrogen and oxygen atoms in total. The fourth-order valence-corrected chi connectivity index (χ4v) is 3.21. The molecule has 3 rings (SSSR count). The molecule has 1 heterocycles. The molecule has 0 saturated heterocycles. The molecule has 0 radical (unpaired) electrons. The van der Waals surface area contributed by atoms with Gasteiger partial charge in [0.05, 0.1) is 6.61 Å². The number of hydrogen-bond acceptors (Lipinski definition) is 2. The van der Waals surface area contributed by atoms with Crippen LogP contribution in [0, 0.1) is 5.92 Å². The SMILES string of the molecule is CC1CCC(NCCc2ccc3c(c2)CCO3)C1. The minimum Gasteiger partial charge on any atom is -0.493 e.